The van der Waals surface area contributed by atoms with Gasteiger partial charge in [-0.15, -0.1) is 0 Å². The molecule has 0 spiro atoms. The van der Waals surface area contributed by atoms with Crippen LogP contribution in [0.3, 0.4) is 0 Å². The quantitative estimate of drug-likeness (QED) is 0.849. The van der Waals surface area contributed by atoms with Crippen molar-refractivity contribution in [2.45, 2.75) is 32.9 Å². The first kappa shape index (κ1) is 15.2. The molecule has 5 nitrogen and oxygen atoms in total. The van der Waals surface area contributed by atoms with E-state index in [1.807, 2.05) is 46.0 Å². The number of benzene rings is 1. The number of rotatable bonds is 5. The summed E-state index contributed by atoms with van der Waals surface area (Å²) in [5, 5.41) is 4.60. The SMILES string of the molecule is CC1CN(CC2CC2)C(=O)c2cc(COc3ccccc3)nn2C1. The van der Waals surface area contributed by atoms with Gasteiger partial charge in [-0.1, -0.05) is 25.1 Å². The van der Waals surface area contributed by atoms with E-state index in [9.17, 15) is 4.79 Å². The zero-order valence-corrected chi connectivity index (χ0v) is 14.0. The lowest BCUT2D eigenvalue weighted by atomic mass is 10.1. The number of nitrogens with zero attached hydrogens (tertiary/aromatic N) is 3. The summed E-state index contributed by atoms with van der Waals surface area (Å²) in [5.74, 6) is 2.05. The molecule has 2 aliphatic rings. The molecule has 0 bridgehead atoms. The fourth-order valence-electron chi connectivity index (χ4n) is 3.27. The van der Waals surface area contributed by atoms with Gasteiger partial charge >= 0.3 is 0 Å². The van der Waals surface area contributed by atoms with Crippen LogP contribution in [0.15, 0.2) is 36.4 Å². The lowest BCUT2D eigenvalue weighted by Gasteiger charge is -2.22. The Labute approximate surface area is 142 Å². The summed E-state index contributed by atoms with van der Waals surface area (Å²) in [7, 11) is 0. The van der Waals surface area contributed by atoms with Gasteiger partial charge in [0.05, 0.1) is 0 Å². The highest BCUT2D eigenvalue weighted by molar-refractivity contribution is 5.93. The van der Waals surface area contributed by atoms with Crippen molar-refractivity contribution in [2.75, 3.05) is 13.1 Å². The average Bonchev–Trinajstić information content (AvgIpc) is 3.33. The van der Waals surface area contributed by atoms with E-state index in [1.165, 1.54) is 12.8 Å². The van der Waals surface area contributed by atoms with Crippen molar-refractivity contribution in [1.29, 1.82) is 0 Å². The largest absolute Gasteiger partial charge is 0.487 e. The molecular formula is C19H23N3O2. The van der Waals surface area contributed by atoms with E-state index in [1.54, 1.807) is 0 Å². The maximum Gasteiger partial charge on any atom is 0.272 e. The molecule has 5 heteroatoms. The van der Waals surface area contributed by atoms with E-state index in [-0.39, 0.29) is 5.91 Å². The van der Waals surface area contributed by atoms with Gasteiger partial charge in [0.1, 0.15) is 23.7 Å². The molecule has 1 fully saturated rings. The van der Waals surface area contributed by atoms with Gasteiger partial charge in [0.2, 0.25) is 0 Å². The van der Waals surface area contributed by atoms with Crippen LogP contribution in [0.5, 0.6) is 5.75 Å². The third-order valence-electron chi connectivity index (χ3n) is 4.66. The van der Waals surface area contributed by atoms with Crippen LogP contribution < -0.4 is 4.74 Å². The van der Waals surface area contributed by atoms with Crippen molar-refractivity contribution < 1.29 is 9.53 Å². The summed E-state index contributed by atoms with van der Waals surface area (Å²) in [6, 6.07) is 11.6. The first-order valence-corrected chi connectivity index (χ1v) is 8.73. The summed E-state index contributed by atoms with van der Waals surface area (Å²) >= 11 is 0. The first-order chi connectivity index (χ1) is 11.7. The minimum atomic E-state index is 0.115. The first-order valence-electron chi connectivity index (χ1n) is 8.73. The molecule has 2 aromatic rings. The standard InChI is InChI=1S/C19H23N3O2/c1-14-10-21(12-15-7-8-15)19(23)18-9-16(20-22(18)11-14)13-24-17-5-3-2-4-6-17/h2-6,9,14-15H,7-8,10-13H2,1H3. The number of hydrogen-bond donors (Lipinski definition) is 0. The molecule has 0 N–H and O–H groups in total. The van der Waals surface area contributed by atoms with Gasteiger partial charge in [0.15, 0.2) is 0 Å². The summed E-state index contributed by atoms with van der Waals surface area (Å²) in [6.45, 7) is 5.07. The van der Waals surface area contributed by atoms with Gasteiger partial charge in [0.25, 0.3) is 5.91 Å². The molecule has 1 unspecified atom stereocenters. The monoisotopic (exact) mass is 325 g/mol. The molecule has 1 atom stereocenters. The van der Waals surface area contributed by atoms with Crippen molar-refractivity contribution in [1.82, 2.24) is 14.7 Å². The summed E-state index contributed by atoms with van der Waals surface area (Å²) in [4.78, 5) is 14.9. The lowest BCUT2D eigenvalue weighted by molar-refractivity contribution is 0.0733. The summed E-state index contributed by atoms with van der Waals surface area (Å²) in [5.41, 5.74) is 1.51. The number of para-hydroxylation sites is 1. The van der Waals surface area contributed by atoms with Gasteiger partial charge in [-0.3, -0.25) is 9.48 Å². The molecular weight excluding hydrogens is 302 g/mol. The Morgan fingerprint density at radius 1 is 1.21 bits per heavy atom. The van der Waals surface area contributed by atoms with E-state index in [0.29, 0.717) is 24.1 Å². The van der Waals surface area contributed by atoms with E-state index in [0.717, 1.165) is 31.1 Å². The molecule has 1 aliphatic heterocycles. The zero-order valence-electron chi connectivity index (χ0n) is 14.0. The summed E-state index contributed by atoms with van der Waals surface area (Å²) in [6.07, 6.45) is 2.52. The van der Waals surface area contributed by atoms with Crippen molar-refractivity contribution in [3.63, 3.8) is 0 Å². The molecule has 1 aliphatic carbocycles. The van der Waals surface area contributed by atoms with Crippen LogP contribution in [-0.2, 0) is 13.2 Å². The smallest absolute Gasteiger partial charge is 0.272 e. The lowest BCUT2D eigenvalue weighted by Crippen LogP contribution is -2.34. The van der Waals surface area contributed by atoms with Gasteiger partial charge < -0.3 is 9.64 Å². The van der Waals surface area contributed by atoms with Crippen LogP contribution in [0.2, 0.25) is 0 Å². The molecule has 0 radical (unpaired) electrons. The van der Waals surface area contributed by atoms with Crippen molar-refractivity contribution >= 4 is 5.91 Å². The predicted octanol–water partition coefficient (Wildman–Crippen LogP) is 2.96. The Morgan fingerprint density at radius 3 is 2.75 bits per heavy atom. The molecule has 24 heavy (non-hydrogen) atoms. The molecule has 126 valence electrons. The second-order valence-corrected chi connectivity index (χ2v) is 7.06. The topological polar surface area (TPSA) is 47.4 Å². The second kappa shape index (κ2) is 6.30. The van der Waals surface area contributed by atoms with E-state index >= 15 is 0 Å². The van der Waals surface area contributed by atoms with Gasteiger partial charge in [-0.05, 0) is 42.9 Å². The van der Waals surface area contributed by atoms with E-state index < -0.39 is 0 Å². The van der Waals surface area contributed by atoms with Crippen LogP contribution in [0.25, 0.3) is 0 Å². The molecule has 1 aromatic carbocycles. The van der Waals surface area contributed by atoms with Crippen LogP contribution in [-0.4, -0.2) is 33.7 Å². The zero-order chi connectivity index (χ0) is 16.5. The molecule has 1 aromatic heterocycles. The fourth-order valence-corrected chi connectivity index (χ4v) is 3.27. The van der Waals surface area contributed by atoms with Crippen LogP contribution in [0.4, 0.5) is 0 Å². The van der Waals surface area contributed by atoms with Crippen LogP contribution >= 0.6 is 0 Å². The molecule has 1 saturated carbocycles. The fraction of sp³-hybridized carbons (Fsp3) is 0.474. The summed E-state index contributed by atoms with van der Waals surface area (Å²) < 4.78 is 7.63. The van der Waals surface area contributed by atoms with E-state index in [4.69, 9.17) is 4.74 Å². The number of carbonyl (C=O) groups excluding carboxylic acids is 1. The van der Waals surface area contributed by atoms with Gasteiger partial charge in [-0.2, -0.15) is 5.10 Å². The molecule has 1 amide bonds. The second-order valence-electron chi connectivity index (χ2n) is 7.06. The highest BCUT2D eigenvalue weighted by Crippen LogP contribution is 2.31. The Balaban J connectivity index is 1.50. The highest BCUT2D eigenvalue weighted by atomic mass is 16.5. The number of carbonyl (C=O) groups is 1. The van der Waals surface area contributed by atoms with Gasteiger partial charge in [-0.25, -0.2) is 0 Å². The highest BCUT2D eigenvalue weighted by Gasteiger charge is 2.32. The third-order valence-corrected chi connectivity index (χ3v) is 4.66. The molecule has 2 heterocycles. The van der Waals surface area contributed by atoms with Crippen LogP contribution in [0.1, 0.15) is 35.9 Å². The maximum absolute atomic E-state index is 12.9. The molecule has 4 rings (SSSR count). The number of amides is 1. The Hall–Kier alpha value is -2.30. The molecule has 0 saturated heterocycles. The van der Waals surface area contributed by atoms with Crippen molar-refractivity contribution in [3.05, 3.63) is 47.8 Å². The number of aromatic nitrogens is 2. The minimum absolute atomic E-state index is 0.115. The van der Waals surface area contributed by atoms with Crippen LogP contribution in [0, 0.1) is 11.8 Å². The number of fused-ring (bicyclic) bond motifs is 1. The average molecular weight is 325 g/mol. The normalized spacial score (nSPS) is 20.6. The maximum atomic E-state index is 12.9. The minimum Gasteiger partial charge on any atom is -0.487 e. The third kappa shape index (κ3) is 3.30. The van der Waals surface area contributed by atoms with Gasteiger partial charge in [0, 0.05) is 19.6 Å². The van der Waals surface area contributed by atoms with E-state index in [2.05, 4.69) is 12.0 Å². The van der Waals surface area contributed by atoms with Crippen molar-refractivity contribution in [3.8, 4) is 5.75 Å². The predicted molar refractivity (Wildman–Crippen MR) is 90.8 cm³/mol. The number of ether oxygens (including phenoxy) is 1. The Morgan fingerprint density at radius 2 is 2.00 bits per heavy atom. The number of hydrogen-bond acceptors (Lipinski definition) is 3. The Bertz CT molecular complexity index is 721. The Kier molecular flexibility index (Phi) is 4.00. The van der Waals surface area contributed by atoms with Crippen molar-refractivity contribution in [2.24, 2.45) is 11.8 Å².